The average molecular weight is 256 g/mol. The van der Waals surface area contributed by atoms with Crippen LogP contribution in [0.3, 0.4) is 0 Å². The molecule has 2 atom stereocenters. The fourth-order valence-electron chi connectivity index (χ4n) is 2.65. The van der Waals surface area contributed by atoms with E-state index in [1.165, 1.54) is 44.6 Å². The zero-order valence-corrected chi connectivity index (χ0v) is 12.4. The quantitative estimate of drug-likeness (QED) is 0.786. The first kappa shape index (κ1) is 13.7. The summed E-state index contributed by atoms with van der Waals surface area (Å²) < 4.78 is 0. The van der Waals surface area contributed by atoms with E-state index in [1.807, 2.05) is 0 Å². The normalized spacial score (nSPS) is 28.6. The van der Waals surface area contributed by atoms with Gasteiger partial charge in [0.2, 0.25) is 0 Å². The summed E-state index contributed by atoms with van der Waals surface area (Å²) in [6.45, 7) is 10.9. The van der Waals surface area contributed by atoms with Crippen LogP contribution in [0.1, 0.15) is 40.0 Å². The molecule has 1 saturated heterocycles. The summed E-state index contributed by atoms with van der Waals surface area (Å²) in [7, 11) is 0. The van der Waals surface area contributed by atoms with Crippen molar-refractivity contribution in [3.05, 3.63) is 0 Å². The zero-order valence-electron chi connectivity index (χ0n) is 11.6. The van der Waals surface area contributed by atoms with Crippen molar-refractivity contribution in [3.63, 3.8) is 0 Å². The highest BCUT2D eigenvalue weighted by atomic mass is 32.2. The van der Waals surface area contributed by atoms with Crippen molar-refractivity contribution in [2.45, 2.75) is 57.4 Å². The molecule has 0 amide bonds. The fraction of sp³-hybridized carbons (Fsp3) is 1.00. The van der Waals surface area contributed by atoms with Gasteiger partial charge in [0.15, 0.2) is 0 Å². The highest BCUT2D eigenvalue weighted by Gasteiger charge is 2.29. The summed E-state index contributed by atoms with van der Waals surface area (Å²) in [4.78, 5) is 2.74. The summed E-state index contributed by atoms with van der Waals surface area (Å²) >= 11 is 2.17. The summed E-state index contributed by atoms with van der Waals surface area (Å²) in [6.07, 6.45) is 4.12. The van der Waals surface area contributed by atoms with Crippen LogP contribution >= 0.6 is 11.8 Å². The maximum absolute atomic E-state index is 3.72. The molecule has 0 radical (unpaired) electrons. The van der Waals surface area contributed by atoms with Gasteiger partial charge >= 0.3 is 0 Å². The molecule has 0 bridgehead atoms. The van der Waals surface area contributed by atoms with Gasteiger partial charge in [0.25, 0.3) is 0 Å². The second-order valence-electron chi connectivity index (χ2n) is 5.89. The Labute approximate surface area is 111 Å². The van der Waals surface area contributed by atoms with E-state index in [1.54, 1.807) is 0 Å². The van der Waals surface area contributed by atoms with Crippen molar-refractivity contribution >= 4 is 11.8 Å². The van der Waals surface area contributed by atoms with Gasteiger partial charge in [-0.3, -0.25) is 4.90 Å². The van der Waals surface area contributed by atoms with Gasteiger partial charge in [-0.2, -0.15) is 11.8 Å². The summed E-state index contributed by atoms with van der Waals surface area (Å²) in [5.41, 5.74) is 0. The molecule has 0 spiro atoms. The standard InChI is InChI=1S/C14H28N2S/c1-4-13-10-16(7-8-17-13)14(11(2)3)9-15-12-5-6-12/h11-15H,4-10H2,1-3H3. The molecular formula is C14H28N2S. The molecule has 2 unspecified atom stereocenters. The monoisotopic (exact) mass is 256 g/mol. The minimum absolute atomic E-state index is 0.741. The number of nitrogens with zero attached hydrogens (tertiary/aromatic N) is 1. The van der Waals surface area contributed by atoms with E-state index in [2.05, 4.69) is 42.7 Å². The first-order chi connectivity index (χ1) is 8.20. The molecule has 0 aromatic heterocycles. The average Bonchev–Trinajstić information content (AvgIpc) is 3.13. The Morgan fingerprint density at radius 2 is 2.12 bits per heavy atom. The zero-order chi connectivity index (χ0) is 12.3. The van der Waals surface area contributed by atoms with E-state index >= 15 is 0 Å². The lowest BCUT2D eigenvalue weighted by molar-refractivity contribution is 0.155. The summed E-state index contributed by atoms with van der Waals surface area (Å²) in [5.74, 6) is 2.09. The maximum Gasteiger partial charge on any atom is 0.0244 e. The van der Waals surface area contributed by atoms with Crippen LogP contribution in [0.25, 0.3) is 0 Å². The lowest BCUT2D eigenvalue weighted by atomic mass is 10.0. The molecule has 3 heteroatoms. The molecule has 2 nitrogen and oxygen atoms in total. The number of thioether (sulfide) groups is 1. The Morgan fingerprint density at radius 1 is 1.35 bits per heavy atom. The number of rotatable bonds is 6. The van der Waals surface area contributed by atoms with Crippen molar-refractivity contribution in [2.75, 3.05) is 25.4 Å². The van der Waals surface area contributed by atoms with E-state index in [0.717, 1.165) is 23.3 Å². The minimum Gasteiger partial charge on any atom is -0.312 e. The smallest absolute Gasteiger partial charge is 0.0244 e. The van der Waals surface area contributed by atoms with Gasteiger partial charge in [0.1, 0.15) is 0 Å². The highest BCUT2D eigenvalue weighted by Crippen LogP contribution is 2.25. The second kappa shape index (κ2) is 6.44. The van der Waals surface area contributed by atoms with Gasteiger partial charge in [-0.1, -0.05) is 20.8 Å². The Bertz CT molecular complexity index is 228. The van der Waals surface area contributed by atoms with Gasteiger partial charge in [0.05, 0.1) is 0 Å². The Balaban J connectivity index is 1.84. The third kappa shape index (κ3) is 4.15. The van der Waals surface area contributed by atoms with E-state index in [-0.39, 0.29) is 0 Å². The topological polar surface area (TPSA) is 15.3 Å². The molecule has 1 N–H and O–H groups in total. The molecule has 1 heterocycles. The van der Waals surface area contributed by atoms with Crippen LogP contribution in [0.5, 0.6) is 0 Å². The Hall–Kier alpha value is 0.270. The van der Waals surface area contributed by atoms with Gasteiger partial charge in [-0.15, -0.1) is 0 Å². The third-order valence-corrected chi connectivity index (χ3v) is 5.43. The molecule has 1 aliphatic heterocycles. The molecule has 0 aromatic rings. The summed E-state index contributed by atoms with van der Waals surface area (Å²) in [5, 5.41) is 4.59. The highest BCUT2D eigenvalue weighted by molar-refractivity contribution is 8.00. The molecule has 100 valence electrons. The van der Waals surface area contributed by atoms with Crippen molar-refractivity contribution < 1.29 is 0 Å². The van der Waals surface area contributed by atoms with Crippen LogP contribution in [-0.4, -0.2) is 47.6 Å². The SMILES string of the molecule is CCC1CN(C(CNC2CC2)C(C)C)CCS1. The van der Waals surface area contributed by atoms with Crippen molar-refractivity contribution in [1.29, 1.82) is 0 Å². The van der Waals surface area contributed by atoms with E-state index in [4.69, 9.17) is 0 Å². The Kier molecular flexibility index (Phi) is 5.19. The van der Waals surface area contributed by atoms with Crippen LogP contribution in [0.4, 0.5) is 0 Å². The van der Waals surface area contributed by atoms with Crippen LogP contribution in [0, 0.1) is 5.92 Å². The van der Waals surface area contributed by atoms with Gasteiger partial charge in [-0.05, 0) is 25.2 Å². The Morgan fingerprint density at radius 3 is 2.71 bits per heavy atom. The predicted octanol–water partition coefficient (Wildman–Crippen LogP) is 2.59. The molecule has 2 fully saturated rings. The molecule has 17 heavy (non-hydrogen) atoms. The lowest BCUT2D eigenvalue weighted by Gasteiger charge is -2.40. The largest absolute Gasteiger partial charge is 0.312 e. The molecular weight excluding hydrogens is 228 g/mol. The predicted molar refractivity (Wildman–Crippen MR) is 77.8 cm³/mol. The molecule has 1 aliphatic carbocycles. The molecule has 2 rings (SSSR count). The van der Waals surface area contributed by atoms with E-state index in [0.29, 0.717) is 0 Å². The number of hydrogen-bond acceptors (Lipinski definition) is 3. The number of nitrogens with one attached hydrogen (secondary N) is 1. The maximum atomic E-state index is 3.72. The molecule has 1 saturated carbocycles. The second-order valence-corrected chi connectivity index (χ2v) is 7.30. The van der Waals surface area contributed by atoms with E-state index in [9.17, 15) is 0 Å². The van der Waals surface area contributed by atoms with Crippen molar-refractivity contribution in [1.82, 2.24) is 10.2 Å². The van der Waals surface area contributed by atoms with Crippen LogP contribution in [0.15, 0.2) is 0 Å². The molecule has 0 aromatic carbocycles. The van der Waals surface area contributed by atoms with E-state index < -0.39 is 0 Å². The van der Waals surface area contributed by atoms with Gasteiger partial charge in [-0.25, -0.2) is 0 Å². The minimum atomic E-state index is 0.741. The van der Waals surface area contributed by atoms with Gasteiger partial charge < -0.3 is 5.32 Å². The first-order valence-corrected chi connectivity index (χ1v) is 8.34. The van der Waals surface area contributed by atoms with Crippen molar-refractivity contribution in [2.24, 2.45) is 5.92 Å². The van der Waals surface area contributed by atoms with Crippen molar-refractivity contribution in [3.8, 4) is 0 Å². The lowest BCUT2D eigenvalue weighted by Crippen LogP contribution is -2.51. The van der Waals surface area contributed by atoms with Crippen LogP contribution in [-0.2, 0) is 0 Å². The fourth-order valence-corrected chi connectivity index (χ4v) is 3.86. The third-order valence-electron chi connectivity index (χ3n) is 4.06. The van der Waals surface area contributed by atoms with Gasteiger partial charge in [0, 0.05) is 42.7 Å². The first-order valence-electron chi connectivity index (χ1n) is 7.29. The van der Waals surface area contributed by atoms with Crippen LogP contribution in [0.2, 0.25) is 0 Å². The summed E-state index contributed by atoms with van der Waals surface area (Å²) in [6, 6.07) is 1.59. The molecule has 2 aliphatic rings. The number of hydrogen-bond donors (Lipinski definition) is 1. The van der Waals surface area contributed by atoms with Crippen LogP contribution < -0.4 is 5.32 Å².